The van der Waals surface area contributed by atoms with Crippen LogP contribution in [0.25, 0.3) is 0 Å². The summed E-state index contributed by atoms with van der Waals surface area (Å²) < 4.78 is 5.35. The van der Waals surface area contributed by atoms with Gasteiger partial charge in [-0.15, -0.1) is 0 Å². The van der Waals surface area contributed by atoms with E-state index in [2.05, 4.69) is 5.32 Å². The van der Waals surface area contributed by atoms with E-state index in [1.54, 1.807) is 0 Å². The molecular weight excluding hydrogens is 298 g/mol. The van der Waals surface area contributed by atoms with E-state index < -0.39 is 6.09 Å². The van der Waals surface area contributed by atoms with Gasteiger partial charge in [0.2, 0.25) is 0 Å². The third kappa shape index (κ3) is 4.23. The minimum atomic E-state index is -0.434. The largest absolute Gasteiger partial charge is 0.445 e. The number of benzene rings is 3. The second-order valence-electron chi connectivity index (χ2n) is 5.46. The van der Waals surface area contributed by atoms with E-state index in [1.807, 2.05) is 91.0 Å². The van der Waals surface area contributed by atoms with E-state index in [1.165, 1.54) is 0 Å². The summed E-state index contributed by atoms with van der Waals surface area (Å²) in [6.45, 7) is 0.253. The molecule has 0 fully saturated rings. The molecule has 0 aromatic heterocycles. The third-order valence-corrected chi connectivity index (χ3v) is 3.74. The van der Waals surface area contributed by atoms with Gasteiger partial charge in [-0.25, -0.2) is 4.79 Å². The van der Waals surface area contributed by atoms with Crippen molar-refractivity contribution in [2.75, 3.05) is 0 Å². The van der Waals surface area contributed by atoms with Crippen molar-refractivity contribution < 1.29 is 9.53 Å². The van der Waals surface area contributed by atoms with Gasteiger partial charge in [0.25, 0.3) is 0 Å². The average Bonchev–Trinajstić information content (AvgIpc) is 2.67. The lowest BCUT2D eigenvalue weighted by molar-refractivity contribution is 0.137. The molecule has 1 amide bonds. The van der Waals surface area contributed by atoms with Gasteiger partial charge in [-0.1, -0.05) is 91.0 Å². The number of carbonyl (C=O) groups excluding carboxylic acids is 1. The Morgan fingerprint density at radius 1 is 0.750 bits per heavy atom. The highest BCUT2D eigenvalue weighted by molar-refractivity contribution is 5.68. The molecule has 0 saturated carbocycles. The average molecular weight is 317 g/mol. The molecule has 0 saturated heterocycles. The molecule has 3 rings (SSSR count). The molecule has 0 spiro atoms. The fraction of sp³-hybridized carbons (Fsp3) is 0.0952. The second-order valence-corrected chi connectivity index (χ2v) is 5.46. The van der Waals surface area contributed by atoms with Gasteiger partial charge in [0.1, 0.15) is 6.61 Å². The molecule has 1 N–H and O–H groups in total. The van der Waals surface area contributed by atoms with Crippen molar-refractivity contribution in [3.63, 3.8) is 0 Å². The van der Waals surface area contributed by atoms with Gasteiger partial charge >= 0.3 is 6.09 Å². The lowest BCUT2D eigenvalue weighted by atomic mass is 9.99. The maximum absolute atomic E-state index is 12.2. The summed E-state index contributed by atoms with van der Waals surface area (Å²) >= 11 is 0. The fourth-order valence-corrected chi connectivity index (χ4v) is 2.53. The number of rotatable bonds is 5. The van der Waals surface area contributed by atoms with E-state index in [0.717, 1.165) is 16.7 Å². The predicted octanol–water partition coefficient (Wildman–Crippen LogP) is 4.70. The number of carbonyl (C=O) groups is 1. The summed E-state index contributed by atoms with van der Waals surface area (Å²) in [4.78, 5) is 12.2. The van der Waals surface area contributed by atoms with Crippen molar-refractivity contribution in [3.05, 3.63) is 108 Å². The maximum atomic E-state index is 12.2. The highest BCUT2D eigenvalue weighted by Crippen LogP contribution is 2.21. The van der Waals surface area contributed by atoms with Crippen molar-refractivity contribution >= 4 is 6.09 Å². The second kappa shape index (κ2) is 7.97. The van der Waals surface area contributed by atoms with E-state index >= 15 is 0 Å². The first-order valence-electron chi connectivity index (χ1n) is 7.90. The van der Waals surface area contributed by atoms with Crippen molar-refractivity contribution in [1.82, 2.24) is 5.32 Å². The SMILES string of the molecule is O=C(NC(c1ccccc1)c1ccccc1)OCc1ccccc1. The molecule has 3 aromatic rings. The van der Waals surface area contributed by atoms with Crippen LogP contribution in [-0.2, 0) is 11.3 Å². The Morgan fingerprint density at radius 3 is 1.71 bits per heavy atom. The summed E-state index contributed by atoms with van der Waals surface area (Å²) in [5.74, 6) is 0. The molecule has 3 nitrogen and oxygen atoms in total. The number of ether oxygens (including phenoxy) is 1. The molecule has 0 aliphatic rings. The van der Waals surface area contributed by atoms with Gasteiger partial charge in [-0.05, 0) is 16.7 Å². The minimum absolute atomic E-state index is 0.240. The number of alkyl carbamates (subject to hydrolysis) is 1. The Kier molecular flexibility index (Phi) is 5.25. The van der Waals surface area contributed by atoms with Gasteiger partial charge in [0.15, 0.2) is 0 Å². The van der Waals surface area contributed by atoms with E-state index in [9.17, 15) is 4.79 Å². The Balaban J connectivity index is 1.71. The first-order chi connectivity index (χ1) is 11.8. The molecule has 0 bridgehead atoms. The minimum Gasteiger partial charge on any atom is -0.445 e. The lowest BCUT2D eigenvalue weighted by Gasteiger charge is -2.19. The van der Waals surface area contributed by atoms with Crippen molar-refractivity contribution in [2.45, 2.75) is 12.6 Å². The number of amides is 1. The summed E-state index contributed by atoms with van der Waals surface area (Å²) in [5, 5.41) is 2.96. The fourth-order valence-electron chi connectivity index (χ4n) is 2.53. The Hall–Kier alpha value is -3.07. The third-order valence-electron chi connectivity index (χ3n) is 3.74. The van der Waals surface area contributed by atoms with Crippen LogP contribution in [0.5, 0.6) is 0 Å². The van der Waals surface area contributed by atoms with Crippen molar-refractivity contribution in [2.24, 2.45) is 0 Å². The molecule has 24 heavy (non-hydrogen) atoms. The van der Waals surface area contributed by atoms with Crippen LogP contribution in [0.1, 0.15) is 22.7 Å². The highest BCUT2D eigenvalue weighted by atomic mass is 16.5. The molecule has 0 aliphatic heterocycles. The summed E-state index contributed by atoms with van der Waals surface area (Å²) in [7, 11) is 0. The van der Waals surface area contributed by atoms with Crippen LogP contribution in [0.2, 0.25) is 0 Å². The Labute approximate surface area is 141 Å². The van der Waals surface area contributed by atoms with Crippen LogP contribution in [-0.4, -0.2) is 6.09 Å². The number of nitrogens with one attached hydrogen (secondary N) is 1. The van der Waals surface area contributed by atoms with Crippen LogP contribution in [0.4, 0.5) is 4.79 Å². The van der Waals surface area contributed by atoms with E-state index in [4.69, 9.17) is 4.74 Å². The number of hydrogen-bond acceptors (Lipinski definition) is 2. The molecule has 0 heterocycles. The molecule has 120 valence electrons. The first kappa shape index (κ1) is 15.8. The zero-order chi connectivity index (χ0) is 16.6. The monoisotopic (exact) mass is 317 g/mol. The maximum Gasteiger partial charge on any atom is 0.408 e. The topological polar surface area (TPSA) is 38.3 Å². The summed E-state index contributed by atoms with van der Waals surface area (Å²) in [6.07, 6.45) is -0.434. The van der Waals surface area contributed by atoms with Gasteiger partial charge < -0.3 is 10.1 Å². The smallest absolute Gasteiger partial charge is 0.408 e. The highest BCUT2D eigenvalue weighted by Gasteiger charge is 2.17. The molecule has 0 radical (unpaired) electrons. The Morgan fingerprint density at radius 2 is 1.21 bits per heavy atom. The van der Waals surface area contributed by atoms with Gasteiger partial charge in [-0.2, -0.15) is 0 Å². The lowest BCUT2D eigenvalue weighted by Crippen LogP contribution is -2.29. The normalized spacial score (nSPS) is 10.4. The Bertz CT molecular complexity index is 718. The van der Waals surface area contributed by atoms with E-state index in [-0.39, 0.29) is 12.6 Å². The van der Waals surface area contributed by atoms with Crippen molar-refractivity contribution in [1.29, 1.82) is 0 Å². The molecule has 3 aromatic carbocycles. The van der Waals surface area contributed by atoms with Gasteiger partial charge in [0.05, 0.1) is 6.04 Å². The molecule has 3 heteroatoms. The summed E-state index contributed by atoms with van der Waals surface area (Å²) in [5.41, 5.74) is 2.99. The van der Waals surface area contributed by atoms with E-state index in [0.29, 0.717) is 0 Å². The van der Waals surface area contributed by atoms with Crippen LogP contribution < -0.4 is 5.32 Å². The van der Waals surface area contributed by atoms with Crippen LogP contribution >= 0.6 is 0 Å². The van der Waals surface area contributed by atoms with Crippen molar-refractivity contribution in [3.8, 4) is 0 Å². The molecule has 0 aliphatic carbocycles. The standard InChI is InChI=1S/C21H19NO2/c23-21(24-16-17-10-4-1-5-11-17)22-20(18-12-6-2-7-13-18)19-14-8-3-9-15-19/h1-15,20H,16H2,(H,22,23). The molecule has 0 atom stereocenters. The first-order valence-corrected chi connectivity index (χ1v) is 7.90. The zero-order valence-corrected chi connectivity index (χ0v) is 13.3. The molecular formula is C21H19NO2. The van der Waals surface area contributed by atoms with Gasteiger partial charge in [0, 0.05) is 0 Å². The number of hydrogen-bond donors (Lipinski definition) is 1. The quantitative estimate of drug-likeness (QED) is 0.740. The van der Waals surface area contributed by atoms with Crippen LogP contribution in [0.15, 0.2) is 91.0 Å². The van der Waals surface area contributed by atoms with Crippen LogP contribution in [0, 0.1) is 0 Å². The zero-order valence-electron chi connectivity index (χ0n) is 13.3. The van der Waals surface area contributed by atoms with Gasteiger partial charge in [-0.3, -0.25) is 0 Å². The molecule has 0 unspecified atom stereocenters. The summed E-state index contributed by atoms with van der Waals surface area (Å²) in [6, 6.07) is 29.1. The predicted molar refractivity (Wildman–Crippen MR) is 94.5 cm³/mol. The van der Waals surface area contributed by atoms with Crippen LogP contribution in [0.3, 0.4) is 0 Å².